The van der Waals surface area contributed by atoms with Crippen molar-refractivity contribution >= 4 is 41.1 Å². The first-order valence-corrected chi connectivity index (χ1v) is 19.9. The number of ketones is 2. The maximum absolute atomic E-state index is 13.6. The third-order valence-corrected chi connectivity index (χ3v) is 10.5. The van der Waals surface area contributed by atoms with E-state index in [0.717, 1.165) is 0 Å². The second-order valence-electron chi connectivity index (χ2n) is 14.6. The Labute approximate surface area is 345 Å². The monoisotopic (exact) mass is 836 g/mol. The maximum atomic E-state index is 13.6. The molecule has 16 heteroatoms. The molecule has 59 heavy (non-hydrogen) atoms. The molecule has 3 aromatic carbocycles. The van der Waals surface area contributed by atoms with E-state index in [9.17, 15) is 24.0 Å². The fraction of sp³-hybridized carbons (Fsp3) is 0.465. The van der Waals surface area contributed by atoms with Gasteiger partial charge in [-0.3, -0.25) is 9.59 Å². The first kappa shape index (κ1) is 42.5. The Hall–Kier alpha value is -4.58. The van der Waals surface area contributed by atoms with Crippen molar-refractivity contribution in [1.82, 2.24) is 0 Å². The Bertz CT molecular complexity index is 1920. The van der Waals surface area contributed by atoms with E-state index >= 15 is 0 Å². The second kappa shape index (κ2) is 19.7. The van der Waals surface area contributed by atoms with Gasteiger partial charge in [-0.15, -0.1) is 0 Å². The molecule has 0 aromatic heterocycles. The number of Topliss-reactive ketones (excluding diaryl/α,β-unsaturated/α-hetero) is 2. The lowest BCUT2D eigenvalue weighted by Gasteiger charge is -2.51. The molecule has 4 aliphatic heterocycles. The van der Waals surface area contributed by atoms with Gasteiger partial charge in [0.15, 0.2) is 42.7 Å². The fourth-order valence-corrected chi connectivity index (χ4v) is 7.51. The van der Waals surface area contributed by atoms with Crippen molar-refractivity contribution < 1.29 is 71.3 Å². The van der Waals surface area contributed by atoms with Crippen molar-refractivity contribution in [3.63, 3.8) is 0 Å². The maximum Gasteiger partial charge on any atom is 0.338 e. The van der Waals surface area contributed by atoms with Gasteiger partial charge in [0.2, 0.25) is 0 Å². The summed E-state index contributed by atoms with van der Waals surface area (Å²) in [6.07, 6.45) is -13.7. The number of hydrogen-bond acceptors (Lipinski definition) is 15. The molecule has 12 atom stereocenters. The molecule has 0 radical (unpaired) electrons. The predicted octanol–water partition coefficient (Wildman–Crippen LogP) is 5.08. The highest BCUT2D eigenvalue weighted by molar-refractivity contribution is 6.20. The number of alkyl halides is 1. The molecule has 7 rings (SSSR count). The van der Waals surface area contributed by atoms with Crippen molar-refractivity contribution in [2.24, 2.45) is 0 Å². The molecule has 0 amide bonds. The molecule has 0 aliphatic carbocycles. The highest BCUT2D eigenvalue weighted by Gasteiger charge is 2.58. The Kier molecular flexibility index (Phi) is 14.2. The Morgan fingerprint density at radius 1 is 0.559 bits per heavy atom. The SMILES string of the molecule is CC(=O)CCC(=O)O[C@@H]1[C@@H](OC(=O)CCC(C)=O)[C@H](O[C@@H]2[C@@H](OC(=O)c3ccccc3)[C@H](Cl)O[C@@H]3COC(c4ccccc4)O[C@@H]23)O[C@@H]2COC(c3ccccc3)O[C@@H]12. The van der Waals surface area contributed by atoms with Crippen LogP contribution in [0.15, 0.2) is 91.0 Å². The quantitative estimate of drug-likeness (QED) is 0.119. The molecule has 314 valence electrons. The first-order valence-electron chi connectivity index (χ1n) is 19.4. The van der Waals surface area contributed by atoms with E-state index < -0.39 is 91.2 Å². The summed E-state index contributed by atoms with van der Waals surface area (Å²) in [4.78, 5) is 64.3. The van der Waals surface area contributed by atoms with Crippen LogP contribution in [0.25, 0.3) is 0 Å². The van der Waals surface area contributed by atoms with E-state index in [4.69, 9.17) is 59.0 Å². The smallest absolute Gasteiger partial charge is 0.338 e. The summed E-state index contributed by atoms with van der Waals surface area (Å²) in [7, 11) is 0. The zero-order valence-electron chi connectivity index (χ0n) is 32.3. The number of fused-ring (bicyclic) bond motifs is 2. The zero-order valence-corrected chi connectivity index (χ0v) is 33.1. The molecule has 4 saturated heterocycles. The highest BCUT2D eigenvalue weighted by Crippen LogP contribution is 2.42. The van der Waals surface area contributed by atoms with Crippen LogP contribution in [0.4, 0.5) is 0 Å². The average molecular weight is 837 g/mol. The Balaban J connectivity index is 1.25. The van der Waals surface area contributed by atoms with Crippen LogP contribution in [0, 0.1) is 0 Å². The van der Waals surface area contributed by atoms with Gasteiger partial charge in [0.25, 0.3) is 0 Å². The number of benzene rings is 3. The highest BCUT2D eigenvalue weighted by atomic mass is 35.5. The van der Waals surface area contributed by atoms with Crippen LogP contribution in [-0.2, 0) is 66.5 Å². The summed E-state index contributed by atoms with van der Waals surface area (Å²) in [5, 5.41) is 0. The van der Waals surface area contributed by atoms with Gasteiger partial charge in [-0.05, 0) is 26.0 Å². The predicted molar refractivity (Wildman–Crippen MR) is 203 cm³/mol. The molecule has 2 unspecified atom stereocenters. The molecule has 0 bridgehead atoms. The molecule has 4 aliphatic rings. The zero-order chi connectivity index (χ0) is 41.5. The largest absolute Gasteiger partial charge is 0.455 e. The van der Waals surface area contributed by atoms with E-state index in [-0.39, 0.29) is 56.0 Å². The summed E-state index contributed by atoms with van der Waals surface area (Å²) in [6.45, 7) is 2.61. The second-order valence-corrected chi connectivity index (χ2v) is 15.0. The molecule has 4 fully saturated rings. The van der Waals surface area contributed by atoms with Crippen molar-refractivity contribution in [3.05, 3.63) is 108 Å². The number of halogens is 1. The Morgan fingerprint density at radius 2 is 1.03 bits per heavy atom. The molecule has 0 saturated carbocycles. The molecule has 0 N–H and O–H groups in total. The number of hydrogen-bond donors (Lipinski definition) is 0. The molecule has 15 nitrogen and oxygen atoms in total. The topological polar surface area (TPSA) is 178 Å². The molecule has 3 aromatic rings. The van der Waals surface area contributed by atoms with Gasteiger partial charge in [-0.25, -0.2) is 4.79 Å². The van der Waals surface area contributed by atoms with Gasteiger partial charge in [0.05, 0.1) is 31.6 Å². The van der Waals surface area contributed by atoms with E-state index in [1.54, 1.807) is 54.6 Å². The minimum Gasteiger partial charge on any atom is -0.455 e. The van der Waals surface area contributed by atoms with Gasteiger partial charge >= 0.3 is 17.9 Å². The van der Waals surface area contributed by atoms with Crippen LogP contribution in [0.1, 0.15) is 73.6 Å². The molecule has 4 heterocycles. The van der Waals surface area contributed by atoms with E-state index in [0.29, 0.717) is 11.1 Å². The van der Waals surface area contributed by atoms with Gasteiger partial charge in [0, 0.05) is 24.0 Å². The van der Waals surface area contributed by atoms with Crippen LogP contribution >= 0.6 is 11.6 Å². The minimum absolute atomic E-state index is 0.00524. The number of carbonyl (C=O) groups is 5. The number of ether oxygens (including phenoxy) is 10. The van der Waals surface area contributed by atoms with Gasteiger partial charge < -0.3 is 57.0 Å². The normalized spacial score (nSPS) is 31.4. The van der Waals surface area contributed by atoms with Crippen LogP contribution in [-0.4, -0.2) is 103 Å². The van der Waals surface area contributed by atoms with Crippen molar-refractivity contribution in [1.29, 1.82) is 0 Å². The summed E-state index contributed by atoms with van der Waals surface area (Å²) >= 11 is 6.85. The summed E-state index contributed by atoms with van der Waals surface area (Å²) in [5.74, 6) is -2.83. The third kappa shape index (κ3) is 10.6. The van der Waals surface area contributed by atoms with Crippen LogP contribution in [0.3, 0.4) is 0 Å². The molecular weight excluding hydrogens is 792 g/mol. The number of esters is 3. The average Bonchev–Trinajstić information content (AvgIpc) is 3.25. The van der Waals surface area contributed by atoms with Crippen LogP contribution < -0.4 is 0 Å². The number of rotatable bonds is 14. The van der Waals surface area contributed by atoms with Crippen LogP contribution in [0.2, 0.25) is 0 Å². The Morgan fingerprint density at radius 3 is 1.56 bits per heavy atom. The number of carbonyl (C=O) groups excluding carboxylic acids is 5. The lowest BCUT2D eigenvalue weighted by molar-refractivity contribution is -0.389. The third-order valence-electron chi connectivity index (χ3n) is 10.1. The van der Waals surface area contributed by atoms with E-state index in [1.807, 2.05) is 36.4 Å². The van der Waals surface area contributed by atoms with Crippen molar-refractivity contribution in [2.75, 3.05) is 13.2 Å². The standard InChI is InChI=1S/C43H45ClO15/c1-24(45)18-20-31(47)54-36-34-30(23-51-42(58-34)28-16-10-5-11-17-28)53-43(38(36)55-32(48)21-19-25(2)46)59-35-33-29(22-50-41(57-33)27-14-8-4-9-15-27)52-39(44)37(35)56-40(49)26-12-6-3-7-13-26/h3-17,29-30,33-39,41-43H,18-23H2,1-2H3/t29-,30-,33-,34-,35+,36+,37-,38-,39-,41?,42?,43+/m1/s1. The van der Waals surface area contributed by atoms with Crippen molar-refractivity contribution in [2.45, 2.75) is 113 Å². The van der Waals surface area contributed by atoms with Gasteiger partial charge in [-0.1, -0.05) is 90.5 Å². The van der Waals surface area contributed by atoms with E-state index in [2.05, 4.69) is 0 Å². The van der Waals surface area contributed by atoms with Crippen molar-refractivity contribution in [3.8, 4) is 0 Å². The lowest BCUT2D eigenvalue weighted by Crippen LogP contribution is -2.68. The van der Waals surface area contributed by atoms with Gasteiger partial charge in [-0.2, -0.15) is 0 Å². The van der Waals surface area contributed by atoms with Gasteiger partial charge in [0.1, 0.15) is 42.1 Å². The summed E-state index contributed by atoms with van der Waals surface area (Å²) in [6, 6.07) is 26.4. The molecule has 0 spiro atoms. The molecular formula is C43H45ClO15. The minimum atomic E-state index is -1.57. The summed E-state index contributed by atoms with van der Waals surface area (Å²) < 4.78 is 62.5. The first-order chi connectivity index (χ1) is 28.5. The van der Waals surface area contributed by atoms with E-state index in [1.165, 1.54) is 13.8 Å². The lowest BCUT2D eigenvalue weighted by atomic mass is 9.95. The fourth-order valence-electron chi connectivity index (χ4n) is 7.19. The van der Waals surface area contributed by atoms with Crippen LogP contribution in [0.5, 0.6) is 0 Å². The summed E-state index contributed by atoms with van der Waals surface area (Å²) in [5.41, 5.74) is 0.278.